The molecule has 1 aliphatic heterocycles. The quantitative estimate of drug-likeness (QED) is 0.430. The summed E-state index contributed by atoms with van der Waals surface area (Å²) in [6.45, 7) is 11.7. The maximum absolute atomic E-state index is 13.0. The molecule has 4 rings (SSSR count). The van der Waals surface area contributed by atoms with Crippen LogP contribution in [0.5, 0.6) is 0 Å². The highest BCUT2D eigenvalue weighted by Crippen LogP contribution is 2.37. The van der Waals surface area contributed by atoms with Crippen LogP contribution in [0.4, 0.5) is 0 Å². The van der Waals surface area contributed by atoms with Crippen molar-refractivity contribution in [1.82, 2.24) is 9.88 Å². The smallest absolute Gasteiger partial charge is 0.254 e. The summed E-state index contributed by atoms with van der Waals surface area (Å²) >= 11 is 8.33. The fourth-order valence-electron chi connectivity index (χ4n) is 4.03. The summed E-state index contributed by atoms with van der Waals surface area (Å²) in [7, 11) is 0. The first-order valence-electron chi connectivity index (χ1n) is 10.9. The van der Waals surface area contributed by atoms with Gasteiger partial charge in [-0.2, -0.15) is 0 Å². The largest absolute Gasteiger partial charge is 0.372 e. The molecule has 0 spiro atoms. The number of halogens is 1. The van der Waals surface area contributed by atoms with Gasteiger partial charge in [0.25, 0.3) is 5.91 Å². The first-order chi connectivity index (χ1) is 15.1. The van der Waals surface area contributed by atoms with E-state index in [2.05, 4.69) is 43.3 Å². The van der Waals surface area contributed by atoms with Gasteiger partial charge in [-0.05, 0) is 60.7 Å². The van der Waals surface area contributed by atoms with E-state index in [1.807, 2.05) is 43.1 Å². The lowest BCUT2D eigenvalue weighted by Crippen LogP contribution is -2.48. The number of pyridine rings is 1. The summed E-state index contributed by atoms with van der Waals surface area (Å²) < 4.78 is 5.75. The number of benzene rings is 1. The fraction of sp³-hybridized carbons (Fsp3) is 0.385. The van der Waals surface area contributed by atoms with Gasteiger partial charge in [-0.15, -0.1) is 11.3 Å². The van der Waals surface area contributed by atoms with Gasteiger partial charge in [-0.25, -0.2) is 0 Å². The molecule has 4 nitrogen and oxygen atoms in total. The van der Waals surface area contributed by atoms with Crippen molar-refractivity contribution in [2.45, 2.75) is 52.2 Å². The van der Waals surface area contributed by atoms with Crippen molar-refractivity contribution >= 4 is 28.8 Å². The lowest BCUT2D eigenvalue weighted by Gasteiger charge is -2.35. The van der Waals surface area contributed by atoms with Crippen LogP contribution in [-0.4, -0.2) is 41.1 Å². The molecule has 2 aromatic heterocycles. The summed E-state index contributed by atoms with van der Waals surface area (Å²) in [6.07, 6.45) is 1.94. The van der Waals surface area contributed by atoms with E-state index in [-0.39, 0.29) is 23.5 Å². The molecule has 1 aromatic carbocycles. The molecule has 2 atom stereocenters. The predicted octanol–water partition coefficient (Wildman–Crippen LogP) is 6.68. The first kappa shape index (κ1) is 23.0. The minimum atomic E-state index is -0.00214. The van der Waals surface area contributed by atoms with E-state index in [4.69, 9.17) is 16.3 Å². The van der Waals surface area contributed by atoms with E-state index < -0.39 is 0 Å². The second-order valence-electron chi connectivity index (χ2n) is 9.54. The molecular weight excluding hydrogens is 440 g/mol. The number of hydrogen-bond donors (Lipinski definition) is 0. The minimum absolute atomic E-state index is 0.00190. The van der Waals surface area contributed by atoms with Gasteiger partial charge in [0.15, 0.2) is 0 Å². The molecule has 0 saturated carbocycles. The Balaban J connectivity index is 1.57. The van der Waals surface area contributed by atoms with Crippen molar-refractivity contribution in [1.29, 1.82) is 0 Å². The number of morpholine rings is 1. The highest BCUT2D eigenvalue weighted by Gasteiger charge is 2.27. The van der Waals surface area contributed by atoms with Crippen LogP contribution in [-0.2, 0) is 10.2 Å². The summed E-state index contributed by atoms with van der Waals surface area (Å²) in [5.41, 5.74) is 4.81. The molecule has 2 unspecified atom stereocenters. The van der Waals surface area contributed by atoms with Gasteiger partial charge in [0.2, 0.25) is 0 Å². The molecule has 3 aromatic rings. The Bertz CT molecular complexity index is 1120. The van der Waals surface area contributed by atoms with Gasteiger partial charge in [0.05, 0.1) is 12.2 Å². The van der Waals surface area contributed by atoms with Gasteiger partial charge in [-0.3, -0.25) is 9.78 Å². The van der Waals surface area contributed by atoms with Crippen LogP contribution in [0, 0.1) is 0 Å². The Labute approximate surface area is 199 Å². The van der Waals surface area contributed by atoms with Crippen LogP contribution in [0.25, 0.3) is 21.6 Å². The van der Waals surface area contributed by atoms with Gasteiger partial charge < -0.3 is 9.64 Å². The molecule has 3 heterocycles. The number of aromatic nitrogens is 1. The second kappa shape index (κ2) is 8.97. The van der Waals surface area contributed by atoms with E-state index in [1.165, 1.54) is 4.88 Å². The molecule has 168 valence electrons. The van der Waals surface area contributed by atoms with E-state index in [0.717, 1.165) is 22.4 Å². The number of rotatable bonds is 3. The zero-order valence-corrected chi connectivity index (χ0v) is 20.8. The average Bonchev–Trinajstić information content (AvgIpc) is 3.22. The summed E-state index contributed by atoms with van der Waals surface area (Å²) in [5, 5.41) is 2.69. The topological polar surface area (TPSA) is 42.4 Å². The van der Waals surface area contributed by atoms with Gasteiger partial charge in [-0.1, -0.05) is 38.4 Å². The molecule has 0 aliphatic carbocycles. The van der Waals surface area contributed by atoms with Crippen LogP contribution in [0.15, 0.2) is 48.0 Å². The number of nitrogens with zero attached hydrogens (tertiary/aromatic N) is 2. The number of carbonyl (C=O) groups is 1. The van der Waals surface area contributed by atoms with Crippen molar-refractivity contribution in [3.05, 3.63) is 64.3 Å². The van der Waals surface area contributed by atoms with Crippen LogP contribution in [0.2, 0.25) is 5.02 Å². The van der Waals surface area contributed by atoms with Crippen molar-refractivity contribution in [2.24, 2.45) is 0 Å². The lowest BCUT2D eigenvalue weighted by molar-refractivity contribution is -0.0586. The molecule has 0 radical (unpaired) electrons. The van der Waals surface area contributed by atoms with Crippen LogP contribution in [0.1, 0.15) is 50.7 Å². The molecule has 32 heavy (non-hydrogen) atoms. The normalized spacial score (nSPS) is 19.2. The number of ether oxygens (including phenoxy) is 1. The summed E-state index contributed by atoms with van der Waals surface area (Å²) in [4.78, 5) is 20.5. The Morgan fingerprint density at radius 1 is 1.09 bits per heavy atom. The predicted molar refractivity (Wildman–Crippen MR) is 133 cm³/mol. The van der Waals surface area contributed by atoms with Crippen molar-refractivity contribution in [3.8, 4) is 21.6 Å². The Hall–Kier alpha value is -2.21. The number of hydrogen-bond acceptors (Lipinski definition) is 4. The van der Waals surface area contributed by atoms with E-state index >= 15 is 0 Å². The maximum atomic E-state index is 13.0. The maximum Gasteiger partial charge on any atom is 0.254 e. The van der Waals surface area contributed by atoms with Gasteiger partial charge in [0, 0.05) is 51.4 Å². The summed E-state index contributed by atoms with van der Waals surface area (Å²) in [6, 6.07) is 11.9. The van der Waals surface area contributed by atoms with E-state index in [1.54, 1.807) is 17.4 Å². The van der Waals surface area contributed by atoms with Crippen LogP contribution in [0.3, 0.4) is 0 Å². The Kier molecular flexibility index (Phi) is 6.44. The molecule has 1 amide bonds. The van der Waals surface area contributed by atoms with Crippen LogP contribution >= 0.6 is 22.9 Å². The minimum Gasteiger partial charge on any atom is -0.372 e. The third-order valence-corrected chi connectivity index (χ3v) is 6.94. The van der Waals surface area contributed by atoms with Crippen molar-refractivity contribution in [3.63, 3.8) is 0 Å². The Morgan fingerprint density at radius 2 is 1.81 bits per heavy atom. The molecule has 6 heteroatoms. The molecular formula is C26H29ClN2O2S. The number of amides is 1. The highest BCUT2D eigenvalue weighted by molar-refractivity contribution is 7.14. The number of thiophene rings is 1. The van der Waals surface area contributed by atoms with Crippen molar-refractivity contribution < 1.29 is 9.53 Å². The zero-order chi connectivity index (χ0) is 23.0. The molecule has 0 bridgehead atoms. The third kappa shape index (κ3) is 4.90. The van der Waals surface area contributed by atoms with Crippen LogP contribution < -0.4 is 0 Å². The fourth-order valence-corrected chi connectivity index (χ4v) is 5.23. The molecule has 1 saturated heterocycles. The second-order valence-corrected chi connectivity index (χ2v) is 10.9. The average molecular weight is 469 g/mol. The zero-order valence-electron chi connectivity index (χ0n) is 19.2. The molecule has 1 aliphatic rings. The lowest BCUT2D eigenvalue weighted by atomic mass is 9.90. The van der Waals surface area contributed by atoms with Gasteiger partial charge >= 0.3 is 0 Å². The highest BCUT2D eigenvalue weighted by atomic mass is 35.5. The SMILES string of the molecule is CC1CN(C(=O)c2ccc(-c3csc(-c4ccnc(C(C)(C)C)c4)c3)c(Cl)c2)CC(C)O1. The third-order valence-electron chi connectivity index (χ3n) is 5.65. The Morgan fingerprint density at radius 3 is 2.47 bits per heavy atom. The van der Waals surface area contributed by atoms with E-state index in [0.29, 0.717) is 23.7 Å². The monoisotopic (exact) mass is 468 g/mol. The standard InChI is InChI=1S/C26H29ClN2O2S/c1-16-13-29(14-17(2)31-16)25(30)19-6-7-21(22(27)10-19)20-11-23(32-15-20)18-8-9-28-24(12-18)26(3,4)5/h6-12,15-17H,13-14H2,1-5H3. The van der Waals surface area contributed by atoms with Crippen molar-refractivity contribution in [2.75, 3.05) is 13.1 Å². The molecule has 1 fully saturated rings. The molecule has 0 N–H and O–H groups in total. The number of carbonyl (C=O) groups excluding carboxylic acids is 1. The van der Waals surface area contributed by atoms with Gasteiger partial charge in [0.1, 0.15) is 0 Å². The van der Waals surface area contributed by atoms with E-state index in [9.17, 15) is 4.79 Å². The summed E-state index contributed by atoms with van der Waals surface area (Å²) in [5.74, 6) is -0.00190. The first-order valence-corrected chi connectivity index (χ1v) is 12.2.